The lowest BCUT2D eigenvalue weighted by Gasteiger charge is -2.07. The Morgan fingerprint density at radius 2 is 2.05 bits per heavy atom. The van der Waals surface area contributed by atoms with Gasteiger partial charge in [0.25, 0.3) is 0 Å². The summed E-state index contributed by atoms with van der Waals surface area (Å²) in [5, 5.41) is 2.91. The van der Waals surface area contributed by atoms with E-state index in [2.05, 4.69) is 17.4 Å². The van der Waals surface area contributed by atoms with Gasteiger partial charge in [-0.25, -0.2) is 0 Å². The number of benzene rings is 2. The van der Waals surface area contributed by atoms with Gasteiger partial charge in [-0.3, -0.25) is 4.79 Å². The zero-order chi connectivity index (χ0) is 15.5. The van der Waals surface area contributed by atoms with E-state index in [0.717, 1.165) is 35.6 Å². The molecule has 0 aromatic heterocycles. The van der Waals surface area contributed by atoms with Gasteiger partial charge >= 0.3 is 0 Å². The normalized spacial score (nSPS) is 13.0. The number of carbonyl (C=O) groups is 1. The lowest BCUT2D eigenvalue weighted by Crippen LogP contribution is -2.08. The van der Waals surface area contributed by atoms with Crippen molar-refractivity contribution in [2.45, 2.75) is 20.3 Å². The van der Waals surface area contributed by atoms with Crippen LogP contribution in [0.1, 0.15) is 22.3 Å². The largest absolute Gasteiger partial charge is 0.493 e. The summed E-state index contributed by atoms with van der Waals surface area (Å²) in [7, 11) is 0. The molecule has 1 amide bonds. The molecule has 3 rings (SSSR count). The lowest BCUT2D eigenvalue weighted by atomic mass is 10.1. The monoisotopic (exact) mass is 293 g/mol. The standard InChI is InChI=1S/C19H19NO2/c1-13-3-6-17(14(2)11-13)20-19(21)8-5-15-4-7-18-16(12-15)9-10-22-18/h3-8,11-12H,9-10H2,1-2H3,(H,20,21)/b8-5+. The van der Waals surface area contributed by atoms with Gasteiger partial charge in [0, 0.05) is 18.2 Å². The predicted molar refractivity (Wildman–Crippen MR) is 89.2 cm³/mol. The van der Waals surface area contributed by atoms with Crippen molar-refractivity contribution in [2.75, 3.05) is 11.9 Å². The number of hydrogen-bond donors (Lipinski definition) is 1. The molecule has 0 saturated carbocycles. The Hall–Kier alpha value is -2.55. The van der Waals surface area contributed by atoms with E-state index in [-0.39, 0.29) is 5.91 Å². The van der Waals surface area contributed by atoms with Crippen LogP contribution in [-0.4, -0.2) is 12.5 Å². The number of amides is 1. The molecule has 2 aromatic rings. The molecule has 0 unspecified atom stereocenters. The maximum absolute atomic E-state index is 12.0. The molecule has 3 nitrogen and oxygen atoms in total. The summed E-state index contributed by atoms with van der Waals surface area (Å²) >= 11 is 0. The predicted octanol–water partition coefficient (Wildman–Crippen LogP) is 3.89. The van der Waals surface area contributed by atoms with Crippen LogP contribution in [0.15, 0.2) is 42.5 Å². The molecular formula is C19H19NO2. The Morgan fingerprint density at radius 3 is 2.86 bits per heavy atom. The number of fused-ring (bicyclic) bond motifs is 1. The van der Waals surface area contributed by atoms with Crippen molar-refractivity contribution >= 4 is 17.7 Å². The first-order valence-corrected chi connectivity index (χ1v) is 7.44. The second-order valence-corrected chi connectivity index (χ2v) is 5.61. The fourth-order valence-electron chi connectivity index (χ4n) is 2.61. The molecule has 0 radical (unpaired) electrons. The third kappa shape index (κ3) is 3.19. The first kappa shape index (κ1) is 14.4. The van der Waals surface area contributed by atoms with E-state index < -0.39 is 0 Å². The van der Waals surface area contributed by atoms with Gasteiger partial charge in [0.1, 0.15) is 5.75 Å². The highest BCUT2D eigenvalue weighted by molar-refractivity contribution is 6.02. The van der Waals surface area contributed by atoms with Crippen molar-refractivity contribution in [1.29, 1.82) is 0 Å². The topological polar surface area (TPSA) is 38.3 Å². The number of nitrogens with one attached hydrogen (secondary N) is 1. The molecule has 0 aliphatic carbocycles. The zero-order valence-electron chi connectivity index (χ0n) is 12.8. The van der Waals surface area contributed by atoms with E-state index in [9.17, 15) is 4.79 Å². The smallest absolute Gasteiger partial charge is 0.248 e. The van der Waals surface area contributed by atoms with Crippen molar-refractivity contribution in [1.82, 2.24) is 0 Å². The summed E-state index contributed by atoms with van der Waals surface area (Å²) in [4.78, 5) is 12.0. The third-order valence-electron chi connectivity index (χ3n) is 3.78. The summed E-state index contributed by atoms with van der Waals surface area (Å²) in [5.41, 5.74) is 5.32. The van der Waals surface area contributed by atoms with Gasteiger partial charge in [0.15, 0.2) is 0 Å². The summed E-state index contributed by atoms with van der Waals surface area (Å²) in [5.74, 6) is 0.834. The summed E-state index contributed by atoms with van der Waals surface area (Å²) in [6.45, 7) is 4.78. The van der Waals surface area contributed by atoms with Crippen LogP contribution in [-0.2, 0) is 11.2 Å². The van der Waals surface area contributed by atoms with Crippen LogP contribution in [0, 0.1) is 13.8 Å². The quantitative estimate of drug-likeness (QED) is 0.872. The summed E-state index contributed by atoms with van der Waals surface area (Å²) in [6.07, 6.45) is 4.33. The minimum atomic E-state index is -0.122. The first-order chi connectivity index (χ1) is 10.6. The molecule has 1 heterocycles. The SMILES string of the molecule is Cc1ccc(NC(=O)/C=C/c2ccc3c(c2)CCO3)c(C)c1. The molecule has 22 heavy (non-hydrogen) atoms. The number of hydrogen-bond acceptors (Lipinski definition) is 2. The minimum Gasteiger partial charge on any atom is -0.493 e. The van der Waals surface area contributed by atoms with Crippen LogP contribution < -0.4 is 10.1 Å². The van der Waals surface area contributed by atoms with Crippen molar-refractivity contribution in [2.24, 2.45) is 0 Å². The molecule has 0 fully saturated rings. The Bertz CT molecular complexity index is 747. The molecule has 0 spiro atoms. The third-order valence-corrected chi connectivity index (χ3v) is 3.78. The Balaban J connectivity index is 1.68. The molecule has 2 aromatic carbocycles. The van der Waals surface area contributed by atoms with E-state index in [0.29, 0.717) is 0 Å². The molecular weight excluding hydrogens is 274 g/mol. The second kappa shape index (κ2) is 6.06. The van der Waals surface area contributed by atoms with Crippen LogP contribution in [0.3, 0.4) is 0 Å². The maximum Gasteiger partial charge on any atom is 0.248 e. The van der Waals surface area contributed by atoms with Crippen molar-refractivity contribution < 1.29 is 9.53 Å². The fourth-order valence-corrected chi connectivity index (χ4v) is 2.61. The van der Waals surface area contributed by atoms with Crippen LogP contribution >= 0.6 is 0 Å². The van der Waals surface area contributed by atoms with Gasteiger partial charge in [-0.2, -0.15) is 0 Å². The van der Waals surface area contributed by atoms with Crippen LogP contribution in [0.2, 0.25) is 0 Å². The van der Waals surface area contributed by atoms with Gasteiger partial charge < -0.3 is 10.1 Å². The molecule has 1 aliphatic heterocycles. The molecule has 1 aliphatic rings. The van der Waals surface area contributed by atoms with Gasteiger partial charge in [0.2, 0.25) is 5.91 Å². The highest BCUT2D eigenvalue weighted by Gasteiger charge is 2.11. The highest BCUT2D eigenvalue weighted by atomic mass is 16.5. The van der Waals surface area contributed by atoms with Gasteiger partial charge in [-0.15, -0.1) is 0 Å². The maximum atomic E-state index is 12.0. The van der Waals surface area contributed by atoms with Crippen molar-refractivity contribution in [3.8, 4) is 5.75 Å². The molecule has 0 saturated heterocycles. The van der Waals surface area contributed by atoms with Crippen molar-refractivity contribution in [3.63, 3.8) is 0 Å². The van der Waals surface area contributed by atoms with Gasteiger partial charge in [-0.05, 0) is 54.8 Å². The van der Waals surface area contributed by atoms with E-state index in [1.807, 2.05) is 44.2 Å². The molecule has 1 N–H and O–H groups in total. The fraction of sp³-hybridized carbons (Fsp3) is 0.211. The molecule has 3 heteroatoms. The van der Waals surface area contributed by atoms with Crippen LogP contribution in [0.5, 0.6) is 5.75 Å². The second-order valence-electron chi connectivity index (χ2n) is 5.61. The number of anilines is 1. The number of ether oxygens (including phenoxy) is 1. The van der Waals surface area contributed by atoms with Gasteiger partial charge in [-0.1, -0.05) is 23.8 Å². The Labute approximate surface area is 130 Å². The molecule has 112 valence electrons. The Kier molecular flexibility index (Phi) is 3.96. The lowest BCUT2D eigenvalue weighted by molar-refractivity contribution is -0.111. The van der Waals surface area contributed by atoms with Crippen LogP contribution in [0.25, 0.3) is 6.08 Å². The number of carbonyl (C=O) groups excluding carboxylic acids is 1. The average molecular weight is 293 g/mol. The molecule has 0 atom stereocenters. The van der Waals surface area contributed by atoms with Crippen molar-refractivity contribution in [3.05, 3.63) is 64.7 Å². The average Bonchev–Trinajstić information content (AvgIpc) is 2.95. The van der Waals surface area contributed by atoms with E-state index in [1.54, 1.807) is 6.08 Å². The van der Waals surface area contributed by atoms with E-state index in [1.165, 1.54) is 11.1 Å². The summed E-state index contributed by atoms with van der Waals surface area (Å²) in [6, 6.07) is 12.0. The van der Waals surface area contributed by atoms with E-state index >= 15 is 0 Å². The van der Waals surface area contributed by atoms with Crippen LogP contribution in [0.4, 0.5) is 5.69 Å². The van der Waals surface area contributed by atoms with Gasteiger partial charge in [0.05, 0.1) is 6.61 Å². The first-order valence-electron chi connectivity index (χ1n) is 7.44. The zero-order valence-corrected chi connectivity index (χ0v) is 12.8. The number of rotatable bonds is 3. The summed E-state index contributed by atoms with van der Waals surface area (Å²) < 4.78 is 5.48. The van der Waals surface area contributed by atoms with E-state index in [4.69, 9.17) is 4.74 Å². The Morgan fingerprint density at radius 1 is 1.18 bits per heavy atom. The highest BCUT2D eigenvalue weighted by Crippen LogP contribution is 2.26. The minimum absolute atomic E-state index is 0.122. The molecule has 0 bridgehead atoms. The number of aryl methyl sites for hydroxylation is 2.